The van der Waals surface area contributed by atoms with E-state index in [2.05, 4.69) is 15.3 Å². The van der Waals surface area contributed by atoms with Gasteiger partial charge in [0.1, 0.15) is 23.0 Å². The van der Waals surface area contributed by atoms with Crippen LogP contribution in [0.5, 0.6) is 0 Å². The average Bonchev–Trinajstić information content (AvgIpc) is 2.87. The second-order valence-corrected chi connectivity index (χ2v) is 5.48. The third kappa shape index (κ3) is 3.17. The van der Waals surface area contributed by atoms with E-state index < -0.39 is 5.82 Å². The number of rotatable bonds is 4. The molecule has 1 N–H and O–H groups in total. The van der Waals surface area contributed by atoms with E-state index in [1.54, 1.807) is 22.7 Å². The SMILES string of the molecule is CCCc1nc2ccc(Cl)cn2c1C(=O)Nc1ccc(F)cn1. The lowest BCUT2D eigenvalue weighted by Gasteiger charge is -2.06. The van der Waals surface area contributed by atoms with Gasteiger partial charge in [-0.05, 0) is 30.7 Å². The Morgan fingerprint density at radius 2 is 2.17 bits per heavy atom. The summed E-state index contributed by atoms with van der Waals surface area (Å²) in [4.78, 5) is 21.0. The smallest absolute Gasteiger partial charge is 0.275 e. The number of carbonyl (C=O) groups excluding carboxylic acids is 1. The van der Waals surface area contributed by atoms with Crippen molar-refractivity contribution in [1.82, 2.24) is 14.4 Å². The Kier molecular flexibility index (Phi) is 4.25. The minimum absolute atomic E-state index is 0.274. The molecule has 0 saturated heterocycles. The fourth-order valence-corrected chi connectivity index (χ4v) is 2.50. The van der Waals surface area contributed by atoms with Gasteiger partial charge in [-0.2, -0.15) is 0 Å². The lowest BCUT2D eigenvalue weighted by Crippen LogP contribution is -2.17. The quantitative estimate of drug-likeness (QED) is 0.792. The summed E-state index contributed by atoms with van der Waals surface area (Å²) in [7, 11) is 0. The topological polar surface area (TPSA) is 59.3 Å². The minimum Gasteiger partial charge on any atom is -0.305 e. The first-order valence-electron chi connectivity index (χ1n) is 7.18. The number of nitrogens with zero attached hydrogens (tertiary/aromatic N) is 3. The molecule has 3 heterocycles. The summed E-state index contributed by atoms with van der Waals surface area (Å²) in [5.41, 5.74) is 1.75. The van der Waals surface area contributed by atoms with E-state index in [0.717, 1.165) is 12.6 Å². The highest BCUT2D eigenvalue weighted by Crippen LogP contribution is 2.19. The summed E-state index contributed by atoms with van der Waals surface area (Å²) in [6.07, 6.45) is 4.22. The van der Waals surface area contributed by atoms with Gasteiger partial charge in [0, 0.05) is 6.20 Å². The lowest BCUT2D eigenvalue weighted by atomic mass is 10.2. The highest BCUT2D eigenvalue weighted by molar-refractivity contribution is 6.30. The molecule has 118 valence electrons. The molecule has 1 amide bonds. The molecule has 0 saturated carbocycles. The number of amides is 1. The summed E-state index contributed by atoms with van der Waals surface area (Å²) < 4.78 is 14.6. The fourth-order valence-electron chi connectivity index (χ4n) is 2.34. The molecule has 0 aromatic carbocycles. The van der Waals surface area contributed by atoms with Gasteiger partial charge in [-0.25, -0.2) is 14.4 Å². The van der Waals surface area contributed by atoms with Crippen LogP contribution < -0.4 is 5.32 Å². The van der Waals surface area contributed by atoms with Crippen molar-refractivity contribution in [2.75, 3.05) is 5.32 Å². The van der Waals surface area contributed by atoms with Gasteiger partial charge in [-0.15, -0.1) is 0 Å². The number of hydrogen-bond donors (Lipinski definition) is 1. The molecule has 0 aliphatic rings. The first-order chi connectivity index (χ1) is 11.1. The highest BCUT2D eigenvalue weighted by Gasteiger charge is 2.19. The Labute approximate surface area is 137 Å². The van der Waals surface area contributed by atoms with Crippen LogP contribution in [0.1, 0.15) is 29.5 Å². The van der Waals surface area contributed by atoms with Gasteiger partial charge in [-0.3, -0.25) is 9.20 Å². The van der Waals surface area contributed by atoms with Crippen molar-refractivity contribution in [1.29, 1.82) is 0 Å². The average molecular weight is 333 g/mol. The van der Waals surface area contributed by atoms with E-state index >= 15 is 0 Å². The van der Waals surface area contributed by atoms with Crippen LogP contribution in [0.25, 0.3) is 5.65 Å². The standard InChI is InChI=1S/C16H14ClFN4O/c1-2-3-12-15(22-9-10(17)4-7-14(22)20-12)16(23)21-13-6-5-11(18)8-19-13/h4-9H,2-3H2,1H3,(H,19,21,23). The largest absolute Gasteiger partial charge is 0.305 e. The third-order valence-corrected chi connectivity index (χ3v) is 3.55. The number of aromatic nitrogens is 3. The molecule has 0 fully saturated rings. The van der Waals surface area contributed by atoms with Crippen LogP contribution in [0.4, 0.5) is 10.2 Å². The van der Waals surface area contributed by atoms with Gasteiger partial charge in [0.2, 0.25) is 0 Å². The van der Waals surface area contributed by atoms with Crippen molar-refractivity contribution < 1.29 is 9.18 Å². The molecule has 0 aliphatic carbocycles. The first kappa shape index (κ1) is 15.4. The lowest BCUT2D eigenvalue weighted by molar-refractivity contribution is 0.102. The normalized spacial score (nSPS) is 10.9. The van der Waals surface area contributed by atoms with Crippen molar-refractivity contribution >= 4 is 29.0 Å². The van der Waals surface area contributed by atoms with E-state index in [1.165, 1.54) is 12.1 Å². The second kappa shape index (κ2) is 6.34. The van der Waals surface area contributed by atoms with Crippen molar-refractivity contribution in [2.45, 2.75) is 19.8 Å². The summed E-state index contributed by atoms with van der Waals surface area (Å²) >= 11 is 6.02. The monoisotopic (exact) mass is 332 g/mol. The molecule has 5 nitrogen and oxygen atoms in total. The highest BCUT2D eigenvalue weighted by atomic mass is 35.5. The molecule has 7 heteroatoms. The molecule has 0 aliphatic heterocycles. The van der Waals surface area contributed by atoms with Crippen molar-refractivity contribution in [2.24, 2.45) is 0 Å². The first-order valence-corrected chi connectivity index (χ1v) is 7.55. The number of hydrogen-bond acceptors (Lipinski definition) is 3. The number of aryl methyl sites for hydroxylation is 1. The summed E-state index contributed by atoms with van der Waals surface area (Å²) in [6, 6.07) is 6.13. The number of pyridine rings is 2. The predicted molar refractivity (Wildman–Crippen MR) is 86.3 cm³/mol. The molecular formula is C16H14ClFN4O. The van der Waals surface area contributed by atoms with Crippen LogP contribution in [0.15, 0.2) is 36.7 Å². The Morgan fingerprint density at radius 3 is 2.87 bits per heavy atom. The number of halogens is 2. The zero-order valence-electron chi connectivity index (χ0n) is 12.4. The predicted octanol–water partition coefficient (Wildman–Crippen LogP) is 3.73. The van der Waals surface area contributed by atoms with E-state index in [-0.39, 0.29) is 11.7 Å². The molecule has 0 bridgehead atoms. The molecule has 0 unspecified atom stereocenters. The van der Waals surface area contributed by atoms with Gasteiger partial charge in [0.25, 0.3) is 5.91 Å². The third-order valence-electron chi connectivity index (χ3n) is 3.33. The molecule has 0 radical (unpaired) electrons. The Balaban J connectivity index is 2.02. The number of nitrogens with one attached hydrogen (secondary N) is 1. The maximum absolute atomic E-state index is 12.9. The molecule has 3 rings (SSSR count). The number of carbonyl (C=O) groups is 1. The maximum atomic E-state index is 12.9. The van der Waals surface area contributed by atoms with Gasteiger partial charge in [0.15, 0.2) is 0 Å². The van der Waals surface area contributed by atoms with Crippen LogP contribution in [0, 0.1) is 5.82 Å². The van der Waals surface area contributed by atoms with E-state index in [1.807, 2.05) is 6.92 Å². The molecule has 3 aromatic rings. The fraction of sp³-hybridized carbons (Fsp3) is 0.188. The number of anilines is 1. The van der Waals surface area contributed by atoms with Crippen molar-refractivity contribution in [3.05, 3.63) is 58.9 Å². The molecule has 3 aromatic heterocycles. The summed E-state index contributed by atoms with van der Waals surface area (Å²) in [6.45, 7) is 2.01. The molecule has 0 spiro atoms. The Bertz CT molecular complexity index is 860. The molecule has 0 atom stereocenters. The Morgan fingerprint density at radius 1 is 1.35 bits per heavy atom. The van der Waals surface area contributed by atoms with E-state index in [0.29, 0.717) is 28.5 Å². The number of imidazole rings is 1. The van der Waals surface area contributed by atoms with Crippen LogP contribution >= 0.6 is 11.6 Å². The molecule has 23 heavy (non-hydrogen) atoms. The van der Waals surface area contributed by atoms with Crippen LogP contribution in [-0.4, -0.2) is 20.3 Å². The number of fused-ring (bicyclic) bond motifs is 1. The Hall–Kier alpha value is -2.47. The van der Waals surface area contributed by atoms with E-state index in [9.17, 15) is 9.18 Å². The van der Waals surface area contributed by atoms with Crippen LogP contribution in [0.3, 0.4) is 0 Å². The summed E-state index contributed by atoms with van der Waals surface area (Å²) in [5, 5.41) is 3.17. The van der Waals surface area contributed by atoms with Gasteiger partial charge in [0.05, 0.1) is 16.9 Å². The zero-order chi connectivity index (χ0) is 16.4. The van der Waals surface area contributed by atoms with Crippen molar-refractivity contribution in [3.63, 3.8) is 0 Å². The van der Waals surface area contributed by atoms with Gasteiger partial charge < -0.3 is 5.32 Å². The van der Waals surface area contributed by atoms with Crippen LogP contribution in [-0.2, 0) is 6.42 Å². The van der Waals surface area contributed by atoms with Crippen LogP contribution in [0.2, 0.25) is 5.02 Å². The van der Waals surface area contributed by atoms with Gasteiger partial charge in [-0.1, -0.05) is 24.9 Å². The minimum atomic E-state index is -0.462. The summed E-state index contributed by atoms with van der Waals surface area (Å²) in [5.74, 6) is -0.547. The molecular weight excluding hydrogens is 319 g/mol. The van der Waals surface area contributed by atoms with Crippen molar-refractivity contribution in [3.8, 4) is 0 Å². The van der Waals surface area contributed by atoms with Gasteiger partial charge >= 0.3 is 0 Å². The zero-order valence-corrected chi connectivity index (χ0v) is 13.1. The van der Waals surface area contributed by atoms with E-state index in [4.69, 9.17) is 11.6 Å². The second-order valence-electron chi connectivity index (χ2n) is 5.05. The maximum Gasteiger partial charge on any atom is 0.275 e.